The summed E-state index contributed by atoms with van der Waals surface area (Å²) in [6, 6.07) is 6.35. The Balaban J connectivity index is 1.09. The second-order valence-corrected chi connectivity index (χ2v) is 12.5. The van der Waals surface area contributed by atoms with Crippen LogP contribution in [0.15, 0.2) is 30.6 Å². The fraction of sp³-hybridized carbons (Fsp3) is 0.548. The fourth-order valence-corrected chi connectivity index (χ4v) is 7.52. The van der Waals surface area contributed by atoms with Gasteiger partial charge in [-0.15, -0.1) is 0 Å². The van der Waals surface area contributed by atoms with Gasteiger partial charge in [-0.2, -0.15) is 5.10 Å². The predicted octanol–water partition coefficient (Wildman–Crippen LogP) is 2.30. The number of aliphatic hydroxyl groups excluding tert-OH is 1. The summed E-state index contributed by atoms with van der Waals surface area (Å²) in [5, 5.41) is 17.1. The zero-order chi connectivity index (χ0) is 29.1. The molecule has 2 N–H and O–H groups in total. The number of fused-ring (bicyclic) bond motifs is 4. The van der Waals surface area contributed by atoms with Crippen molar-refractivity contribution in [3.05, 3.63) is 47.3 Å². The number of carbonyl (C=O) groups excluding carboxylic acids is 2. The average molecular weight is 588 g/mol. The molecule has 12 heteroatoms. The van der Waals surface area contributed by atoms with E-state index in [0.29, 0.717) is 73.9 Å². The van der Waals surface area contributed by atoms with E-state index in [-0.39, 0.29) is 30.6 Å². The molecule has 5 aliphatic rings. The minimum absolute atomic E-state index is 0.0511. The molecule has 0 radical (unpaired) electrons. The minimum Gasteiger partial charge on any atom is -0.396 e. The molecule has 2 bridgehead atoms. The first kappa shape index (κ1) is 26.9. The van der Waals surface area contributed by atoms with E-state index in [1.165, 1.54) is 0 Å². The normalized spacial score (nSPS) is 26.9. The fourth-order valence-electron chi connectivity index (χ4n) is 7.52. The second-order valence-electron chi connectivity index (χ2n) is 12.5. The van der Waals surface area contributed by atoms with Crippen LogP contribution in [0.1, 0.15) is 58.4 Å². The van der Waals surface area contributed by atoms with Gasteiger partial charge >= 0.3 is 0 Å². The zero-order valence-corrected chi connectivity index (χ0v) is 24.2. The summed E-state index contributed by atoms with van der Waals surface area (Å²) in [4.78, 5) is 38.8. The van der Waals surface area contributed by atoms with E-state index < -0.39 is 0 Å². The van der Waals surface area contributed by atoms with Gasteiger partial charge in [-0.05, 0) is 61.8 Å². The average Bonchev–Trinajstić information content (AvgIpc) is 3.84. The molecule has 12 nitrogen and oxygen atoms in total. The summed E-state index contributed by atoms with van der Waals surface area (Å²) in [7, 11) is 0. The van der Waals surface area contributed by atoms with E-state index in [1.54, 1.807) is 10.7 Å². The maximum Gasteiger partial charge on any atom is 0.261 e. The lowest BCUT2D eigenvalue weighted by atomic mass is 9.86. The van der Waals surface area contributed by atoms with Crippen LogP contribution in [0.5, 0.6) is 0 Å². The predicted molar refractivity (Wildman–Crippen MR) is 159 cm³/mol. The van der Waals surface area contributed by atoms with E-state index >= 15 is 0 Å². The van der Waals surface area contributed by atoms with Gasteiger partial charge in [0.2, 0.25) is 0 Å². The highest BCUT2D eigenvalue weighted by Crippen LogP contribution is 2.38. The van der Waals surface area contributed by atoms with Crippen molar-refractivity contribution in [3.8, 4) is 0 Å². The number of carbonyl (C=O) groups is 2. The molecule has 1 aromatic carbocycles. The topological polar surface area (TPSA) is 125 Å². The first-order valence-electron chi connectivity index (χ1n) is 15.5. The molecule has 2 aromatic heterocycles. The van der Waals surface area contributed by atoms with Gasteiger partial charge in [-0.1, -0.05) is 0 Å². The van der Waals surface area contributed by atoms with E-state index in [4.69, 9.17) is 14.5 Å². The first-order valence-corrected chi connectivity index (χ1v) is 15.5. The molecule has 8 rings (SSSR count). The first-order chi connectivity index (χ1) is 21.1. The number of aliphatic hydroxyl groups is 1. The Morgan fingerprint density at radius 1 is 1.09 bits per heavy atom. The smallest absolute Gasteiger partial charge is 0.261 e. The molecule has 1 aliphatic carbocycles. The van der Waals surface area contributed by atoms with Crippen LogP contribution in [0, 0.1) is 5.92 Å². The molecule has 226 valence electrons. The summed E-state index contributed by atoms with van der Waals surface area (Å²) in [6.45, 7) is 4.77. The number of nitrogens with zero attached hydrogens (tertiary/aromatic N) is 6. The summed E-state index contributed by atoms with van der Waals surface area (Å²) >= 11 is 0. The molecule has 2 atom stereocenters. The van der Waals surface area contributed by atoms with Crippen molar-refractivity contribution in [2.45, 2.75) is 56.8 Å². The Kier molecular flexibility index (Phi) is 6.72. The number of aromatic nitrogens is 3. The van der Waals surface area contributed by atoms with Crippen molar-refractivity contribution in [2.75, 3.05) is 61.2 Å². The molecule has 0 unspecified atom stereocenters. The highest BCUT2D eigenvalue weighted by Gasteiger charge is 2.40. The third kappa shape index (κ3) is 4.72. The second kappa shape index (κ2) is 10.8. The van der Waals surface area contributed by atoms with Gasteiger partial charge in [0.1, 0.15) is 11.4 Å². The molecule has 1 saturated carbocycles. The number of anilines is 3. The standard InChI is InChI=1S/C31H37N7O5/c39-17-19-1-3-21(4-2-19)37-15-20-11-26(27(13-24(20)31(37)41)35-7-9-42-10-8-35)33-30(40)25-14-32-38-6-5-28(34-29(25)38)36-16-23-12-22(36)18-43-23/h5-6,11,13-14,19,21-23,39H,1-4,7-10,12,15-18H2,(H,33,40)/t19?,21?,22-,23-/m1/s1. The van der Waals surface area contributed by atoms with E-state index in [0.717, 1.165) is 55.7 Å². The van der Waals surface area contributed by atoms with Crippen molar-refractivity contribution in [3.63, 3.8) is 0 Å². The third-order valence-corrected chi connectivity index (χ3v) is 9.96. The number of ether oxygens (including phenoxy) is 2. The van der Waals surface area contributed by atoms with E-state index in [9.17, 15) is 14.7 Å². The molecule has 6 heterocycles. The Morgan fingerprint density at radius 3 is 2.67 bits per heavy atom. The van der Waals surface area contributed by atoms with Crippen LogP contribution in [0.25, 0.3) is 5.65 Å². The number of nitrogens with one attached hydrogen (secondary N) is 1. The maximum absolute atomic E-state index is 13.8. The number of morpholine rings is 2. The number of hydrogen-bond acceptors (Lipinski definition) is 9. The zero-order valence-electron chi connectivity index (χ0n) is 24.2. The summed E-state index contributed by atoms with van der Waals surface area (Å²) < 4.78 is 13.0. The Labute approximate surface area is 249 Å². The van der Waals surface area contributed by atoms with Crippen LogP contribution in [-0.2, 0) is 16.0 Å². The Hall–Kier alpha value is -3.74. The quantitative estimate of drug-likeness (QED) is 0.447. The SMILES string of the molecule is O=C(Nc1cc2c(cc1N1CCOCC1)C(=O)N(C1CCC(CO)CC1)C2)c1cnn2ccc(N3C[C@H]4C[C@@H]3CO4)nc12. The van der Waals surface area contributed by atoms with Crippen molar-refractivity contribution in [2.24, 2.45) is 5.92 Å². The molecule has 2 amide bonds. The summed E-state index contributed by atoms with van der Waals surface area (Å²) in [5.74, 6) is 0.922. The van der Waals surface area contributed by atoms with Crippen molar-refractivity contribution < 1.29 is 24.2 Å². The van der Waals surface area contributed by atoms with Crippen LogP contribution in [0.2, 0.25) is 0 Å². The molecular weight excluding hydrogens is 550 g/mol. The molecule has 4 aliphatic heterocycles. The lowest BCUT2D eigenvalue weighted by Crippen LogP contribution is -2.38. The largest absolute Gasteiger partial charge is 0.396 e. The van der Waals surface area contributed by atoms with Crippen LogP contribution in [0.3, 0.4) is 0 Å². The molecule has 3 aromatic rings. The van der Waals surface area contributed by atoms with Crippen LogP contribution < -0.4 is 15.1 Å². The van der Waals surface area contributed by atoms with Gasteiger partial charge < -0.3 is 34.6 Å². The summed E-state index contributed by atoms with van der Waals surface area (Å²) in [5.41, 5.74) is 4.03. The van der Waals surface area contributed by atoms with E-state index in [2.05, 4.69) is 20.2 Å². The number of rotatable bonds is 6. The maximum atomic E-state index is 13.8. The van der Waals surface area contributed by atoms with Gasteiger partial charge in [0.15, 0.2) is 5.65 Å². The van der Waals surface area contributed by atoms with Gasteiger partial charge in [-0.3, -0.25) is 9.59 Å². The monoisotopic (exact) mass is 587 g/mol. The van der Waals surface area contributed by atoms with Gasteiger partial charge in [0.25, 0.3) is 11.8 Å². The molecule has 3 saturated heterocycles. The highest BCUT2D eigenvalue weighted by molar-refractivity contribution is 6.10. The lowest BCUT2D eigenvalue weighted by Gasteiger charge is -2.34. The highest BCUT2D eigenvalue weighted by atomic mass is 16.5. The van der Waals surface area contributed by atoms with Crippen molar-refractivity contribution >= 4 is 34.7 Å². The molecule has 0 spiro atoms. The van der Waals surface area contributed by atoms with E-state index in [1.807, 2.05) is 29.3 Å². The lowest BCUT2D eigenvalue weighted by molar-refractivity contribution is 0.0609. The Bertz CT molecular complexity index is 1560. The Morgan fingerprint density at radius 2 is 1.93 bits per heavy atom. The number of amides is 2. The van der Waals surface area contributed by atoms with Crippen LogP contribution in [0.4, 0.5) is 17.2 Å². The van der Waals surface area contributed by atoms with Gasteiger partial charge in [0.05, 0.1) is 49.5 Å². The minimum atomic E-state index is -0.288. The number of hydrogen-bond donors (Lipinski definition) is 2. The van der Waals surface area contributed by atoms with Gasteiger partial charge in [-0.25, -0.2) is 9.50 Å². The van der Waals surface area contributed by atoms with Crippen molar-refractivity contribution in [1.82, 2.24) is 19.5 Å². The number of benzene rings is 1. The van der Waals surface area contributed by atoms with Crippen molar-refractivity contribution in [1.29, 1.82) is 0 Å². The molecular formula is C31H37N7O5. The molecule has 4 fully saturated rings. The summed E-state index contributed by atoms with van der Waals surface area (Å²) in [6.07, 6.45) is 8.34. The van der Waals surface area contributed by atoms with Crippen LogP contribution >= 0.6 is 0 Å². The molecule has 43 heavy (non-hydrogen) atoms. The third-order valence-electron chi connectivity index (χ3n) is 9.96. The van der Waals surface area contributed by atoms with Gasteiger partial charge in [0, 0.05) is 50.6 Å². The van der Waals surface area contributed by atoms with Crippen LogP contribution in [-0.4, -0.2) is 101 Å².